The first kappa shape index (κ1) is 22.6. The van der Waals surface area contributed by atoms with Crippen molar-refractivity contribution in [1.29, 1.82) is 0 Å². The third kappa shape index (κ3) is 4.12. The number of aromatic nitrogens is 1. The van der Waals surface area contributed by atoms with Crippen LogP contribution in [0.4, 0.5) is 5.13 Å². The minimum atomic E-state index is -0.867. The Kier molecular flexibility index (Phi) is 6.26. The molecule has 7 nitrogen and oxygen atoms in total. The molecule has 0 saturated carbocycles. The molecule has 0 bridgehead atoms. The summed E-state index contributed by atoms with van der Waals surface area (Å²) in [6.45, 7) is 7.11. The van der Waals surface area contributed by atoms with E-state index in [-0.39, 0.29) is 27.9 Å². The maximum Gasteiger partial charge on any atom is 0.350 e. The van der Waals surface area contributed by atoms with Gasteiger partial charge in [-0.3, -0.25) is 14.5 Å². The lowest BCUT2D eigenvalue weighted by atomic mass is 9.99. The van der Waals surface area contributed by atoms with Crippen LogP contribution >= 0.6 is 22.7 Å². The molecule has 1 N–H and O–H groups in total. The van der Waals surface area contributed by atoms with Crippen molar-refractivity contribution in [2.24, 2.45) is 0 Å². The first-order valence-electron chi connectivity index (χ1n) is 10.0. The van der Waals surface area contributed by atoms with E-state index in [9.17, 15) is 19.5 Å². The Bertz CT molecular complexity index is 1270. The van der Waals surface area contributed by atoms with Crippen LogP contribution in [0.2, 0.25) is 0 Å². The Morgan fingerprint density at radius 2 is 1.97 bits per heavy atom. The number of aryl methyl sites for hydroxylation is 2. The number of ketones is 1. The van der Waals surface area contributed by atoms with E-state index in [0.29, 0.717) is 16.1 Å². The highest BCUT2D eigenvalue weighted by Crippen LogP contribution is 2.45. The zero-order chi connectivity index (χ0) is 23.7. The summed E-state index contributed by atoms with van der Waals surface area (Å²) in [4.78, 5) is 45.2. The van der Waals surface area contributed by atoms with Gasteiger partial charge in [-0.1, -0.05) is 59.9 Å². The van der Waals surface area contributed by atoms with Gasteiger partial charge in [-0.15, -0.1) is 11.3 Å². The maximum absolute atomic E-state index is 13.1. The monoisotopic (exact) mass is 480 g/mol. The van der Waals surface area contributed by atoms with Crippen molar-refractivity contribution in [3.8, 4) is 0 Å². The van der Waals surface area contributed by atoms with Gasteiger partial charge in [0.25, 0.3) is 5.78 Å². The van der Waals surface area contributed by atoms with E-state index in [4.69, 9.17) is 4.74 Å². The fourth-order valence-electron chi connectivity index (χ4n) is 3.49. The summed E-state index contributed by atoms with van der Waals surface area (Å²) in [5.74, 6) is -2.47. The van der Waals surface area contributed by atoms with E-state index in [0.717, 1.165) is 16.9 Å². The number of ether oxygens (including phenoxy) is 1. The molecule has 0 radical (unpaired) electrons. The molecule has 9 heteroatoms. The molecule has 1 fully saturated rings. The van der Waals surface area contributed by atoms with Gasteiger partial charge in [-0.05, 0) is 25.3 Å². The van der Waals surface area contributed by atoms with E-state index in [1.807, 2.05) is 24.4 Å². The van der Waals surface area contributed by atoms with Gasteiger partial charge in [0, 0.05) is 10.4 Å². The second-order valence-electron chi connectivity index (χ2n) is 7.35. The molecule has 4 rings (SSSR count). The van der Waals surface area contributed by atoms with E-state index in [2.05, 4.69) is 11.6 Å². The smallest absolute Gasteiger partial charge is 0.350 e. The summed E-state index contributed by atoms with van der Waals surface area (Å²) in [6.07, 6.45) is 1.45. The van der Waals surface area contributed by atoms with Crippen LogP contribution in [-0.4, -0.2) is 34.4 Å². The number of Topliss-reactive ketones (excluding diaryl/α,β-unsaturated/α-hetero) is 1. The third-order valence-electron chi connectivity index (χ3n) is 5.09. The Morgan fingerprint density at radius 3 is 2.61 bits per heavy atom. The zero-order valence-electron chi connectivity index (χ0n) is 17.9. The highest BCUT2D eigenvalue weighted by molar-refractivity contribution is 7.18. The number of hydrogen-bond acceptors (Lipinski definition) is 8. The SMILES string of the molecule is C=CCOC(=O)c1sc(N2C(=O)C(=O)/C(=C(/O)c3ccc(C)cc3)C2c2cccs2)nc1C. The number of benzene rings is 1. The topological polar surface area (TPSA) is 96.8 Å². The van der Waals surface area contributed by atoms with Crippen LogP contribution in [-0.2, 0) is 14.3 Å². The minimum absolute atomic E-state index is 0.0186. The van der Waals surface area contributed by atoms with E-state index in [1.165, 1.54) is 22.3 Å². The van der Waals surface area contributed by atoms with Crippen LogP contribution < -0.4 is 4.90 Å². The Morgan fingerprint density at radius 1 is 1.24 bits per heavy atom. The predicted octanol–water partition coefficient (Wildman–Crippen LogP) is 4.79. The molecule has 1 unspecified atom stereocenters. The molecule has 3 aromatic rings. The number of aliphatic hydroxyl groups excluding tert-OH is 1. The molecule has 33 heavy (non-hydrogen) atoms. The van der Waals surface area contributed by atoms with Gasteiger partial charge in [0.15, 0.2) is 5.13 Å². The molecule has 168 valence electrons. The Hall–Kier alpha value is -3.56. The van der Waals surface area contributed by atoms with Crippen molar-refractivity contribution >= 4 is 51.2 Å². The van der Waals surface area contributed by atoms with Crippen LogP contribution in [0.15, 0.2) is 60.0 Å². The zero-order valence-corrected chi connectivity index (χ0v) is 19.5. The van der Waals surface area contributed by atoms with Gasteiger partial charge >= 0.3 is 11.9 Å². The van der Waals surface area contributed by atoms with Gasteiger partial charge < -0.3 is 9.84 Å². The summed E-state index contributed by atoms with van der Waals surface area (Å²) in [5.41, 5.74) is 1.80. The molecule has 0 spiro atoms. The number of anilines is 1. The number of esters is 1. The van der Waals surface area contributed by atoms with Crippen molar-refractivity contribution in [3.05, 3.63) is 86.6 Å². The molecule has 3 heterocycles. The maximum atomic E-state index is 13.1. The fraction of sp³-hybridized carbons (Fsp3) is 0.167. The normalized spacial score (nSPS) is 17.4. The third-order valence-corrected chi connectivity index (χ3v) is 7.15. The van der Waals surface area contributed by atoms with Crippen molar-refractivity contribution in [2.45, 2.75) is 19.9 Å². The summed E-state index contributed by atoms with van der Waals surface area (Å²) in [7, 11) is 0. The quantitative estimate of drug-likeness (QED) is 0.179. The molecule has 2 aromatic heterocycles. The fourth-order valence-corrected chi connectivity index (χ4v) is 5.30. The highest BCUT2D eigenvalue weighted by atomic mass is 32.1. The summed E-state index contributed by atoms with van der Waals surface area (Å²) in [5, 5.41) is 13.1. The van der Waals surface area contributed by atoms with Crippen LogP contribution in [0.1, 0.15) is 37.4 Å². The lowest BCUT2D eigenvalue weighted by molar-refractivity contribution is -0.132. The average Bonchev–Trinajstić information content (AvgIpc) is 3.51. The van der Waals surface area contributed by atoms with Gasteiger partial charge in [0.1, 0.15) is 23.3 Å². The molecule has 0 aliphatic carbocycles. The van der Waals surface area contributed by atoms with Crippen molar-refractivity contribution < 1.29 is 24.2 Å². The number of carbonyl (C=O) groups is 3. The molecule has 1 amide bonds. The molecular weight excluding hydrogens is 460 g/mol. The lowest BCUT2D eigenvalue weighted by Gasteiger charge is -2.21. The van der Waals surface area contributed by atoms with Crippen LogP contribution in [0.5, 0.6) is 0 Å². The number of rotatable bonds is 6. The number of amides is 1. The molecule has 1 aromatic carbocycles. The number of hydrogen-bond donors (Lipinski definition) is 1. The van der Waals surface area contributed by atoms with Crippen LogP contribution in [0, 0.1) is 13.8 Å². The highest BCUT2D eigenvalue weighted by Gasteiger charge is 2.48. The molecular formula is C24H20N2O5S2. The molecule has 1 aliphatic heterocycles. The number of nitrogens with zero attached hydrogens (tertiary/aromatic N) is 2. The second kappa shape index (κ2) is 9.13. The minimum Gasteiger partial charge on any atom is -0.507 e. The average molecular weight is 481 g/mol. The molecule has 1 aliphatic rings. The van der Waals surface area contributed by atoms with Gasteiger partial charge in [-0.25, -0.2) is 9.78 Å². The lowest BCUT2D eigenvalue weighted by Crippen LogP contribution is -2.29. The first-order chi connectivity index (χ1) is 15.8. The van der Waals surface area contributed by atoms with E-state index < -0.39 is 23.7 Å². The summed E-state index contributed by atoms with van der Waals surface area (Å²) < 4.78 is 5.10. The van der Waals surface area contributed by atoms with Gasteiger partial charge in [-0.2, -0.15) is 0 Å². The van der Waals surface area contributed by atoms with Crippen molar-refractivity contribution in [1.82, 2.24) is 4.98 Å². The predicted molar refractivity (Wildman–Crippen MR) is 128 cm³/mol. The first-order valence-corrected chi connectivity index (χ1v) is 11.7. The Balaban J connectivity index is 1.84. The van der Waals surface area contributed by atoms with Crippen molar-refractivity contribution in [2.75, 3.05) is 11.5 Å². The molecule has 1 atom stereocenters. The number of aliphatic hydroxyl groups is 1. The van der Waals surface area contributed by atoms with Gasteiger partial charge in [0.2, 0.25) is 0 Å². The van der Waals surface area contributed by atoms with Gasteiger partial charge in [0.05, 0.1) is 11.3 Å². The van der Waals surface area contributed by atoms with Crippen LogP contribution in [0.3, 0.4) is 0 Å². The van der Waals surface area contributed by atoms with E-state index >= 15 is 0 Å². The number of thiazole rings is 1. The van der Waals surface area contributed by atoms with Crippen molar-refractivity contribution in [3.63, 3.8) is 0 Å². The Labute approximate surface area is 198 Å². The molecule has 1 saturated heterocycles. The number of thiophene rings is 1. The van der Waals surface area contributed by atoms with E-state index in [1.54, 1.807) is 31.2 Å². The summed E-state index contributed by atoms with van der Waals surface area (Å²) in [6, 6.07) is 9.75. The largest absolute Gasteiger partial charge is 0.507 e. The standard InChI is InChI=1S/C24H20N2O5S2/c1-4-11-31-23(30)21-14(3)25-24(33-21)26-18(16-6-5-12-32-16)17(20(28)22(26)29)19(27)15-9-7-13(2)8-10-15/h4-10,12,18,27H,1,11H2,2-3H3/b19-17+. The summed E-state index contributed by atoms with van der Waals surface area (Å²) >= 11 is 2.32. The number of carbonyl (C=O) groups excluding carboxylic acids is 3. The van der Waals surface area contributed by atoms with Crippen LogP contribution in [0.25, 0.3) is 5.76 Å². The second-order valence-corrected chi connectivity index (χ2v) is 9.31.